The zero-order valence-corrected chi connectivity index (χ0v) is 13.4. The van der Waals surface area contributed by atoms with Crippen molar-refractivity contribution in [3.63, 3.8) is 0 Å². The van der Waals surface area contributed by atoms with Gasteiger partial charge in [0.05, 0.1) is 10.6 Å². The number of rotatable bonds is 7. The summed E-state index contributed by atoms with van der Waals surface area (Å²) in [5.41, 5.74) is 0.857. The summed E-state index contributed by atoms with van der Waals surface area (Å²) in [5, 5.41) is 11.1. The second-order valence-corrected chi connectivity index (χ2v) is 7.54. The molecule has 1 amide bonds. The number of hydrogen-bond acceptors (Lipinski definition) is 5. The minimum atomic E-state index is -3.38. The maximum Gasteiger partial charge on any atom is 0.313 e. The molecule has 0 aromatic heterocycles. The molecule has 0 aliphatic heterocycles. The van der Waals surface area contributed by atoms with Gasteiger partial charge in [0.2, 0.25) is 0 Å². The summed E-state index contributed by atoms with van der Waals surface area (Å²) in [6.45, 7) is 1.99. The highest BCUT2D eigenvalue weighted by Gasteiger charge is 2.14. The molecule has 0 heterocycles. The fourth-order valence-electron chi connectivity index (χ4n) is 1.64. The van der Waals surface area contributed by atoms with E-state index in [2.05, 4.69) is 5.32 Å². The van der Waals surface area contributed by atoms with E-state index in [9.17, 15) is 18.0 Å². The number of nitrogens with one attached hydrogen (secondary N) is 1. The predicted octanol–water partition coefficient (Wildman–Crippen LogP) is 0.946. The predicted molar refractivity (Wildman–Crippen MR) is 81.6 cm³/mol. The van der Waals surface area contributed by atoms with E-state index in [1.54, 1.807) is 19.1 Å². The van der Waals surface area contributed by atoms with E-state index in [1.807, 2.05) is 0 Å². The molecule has 0 bridgehead atoms. The molecule has 1 aromatic carbocycles. The van der Waals surface area contributed by atoms with E-state index in [-0.39, 0.29) is 22.1 Å². The van der Waals surface area contributed by atoms with Gasteiger partial charge in [-0.25, -0.2) is 8.42 Å². The van der Waals surface area contributed by atoms with Gasteiger partial charge in [-0.05, 0) is 24.6 Å². The van der Waals surface area contributed by atoms with Crippen LogP contribution < -0.4 is 5.32 Å². The summed E-state index contributed by atoms with van der Waals surface area (Å²) in [7, 11) is -3.38. The van der Waals surface area contributed by atoms with Crippen molar-refractivity contribution in [3.8, 4) is 0 Å². The average molecular weight is 331 g/mol. The average Bonchev–Trinajstić information content (AvgIpc) is 2.36. The summed E-state index contributed by atoms with van der Waals surface area (Å²) in [6, 6.07) is 4.50. The minimum Gasteiger partial charge on any atom is -0.481 e. The van der Waals surface area contributed by atoms with E-state index in [1.165, 1.54) is 17.8 Å². The lowest BCUT2D eigenvalue weighted by molar-refractivity contribution is -0.133. The monoisotopic (exact) mass is 331 g/mol. The number of amides is 1. The number of hydrogen-bond donors (Lipinski definition) is 2. The van der Waals surface area contributed by atoms with Crippen molar-refractivity contribution < 1.29 is 23.1 Å². The number of benzene rings is 1. The van der Waals surface area contributed by atoms with Crippen LogP contribution in [0.15, 0.2) is 23.1 Å². The number of carboxylic acids is 1. The van der Waals surface area contributed by atoms with Crippen molar-refractivity contribution in [2.24, 2.45) is 0 Å². The molecule has 1 rings (SSSR count). The first-order chi connectivity index (χ1) is 9.71. The molecule has 0 radical (unpaired) electrons. The van der Waals surface area contributed by atoms with Gasteiger partial charge >= 0.3 is 5.97 Å². The van der Waals surface area contributed by atoms with Crippen LogP contribution in [0.4, 0.5) is 0 Å². The standard InChI is InChI=1S/C13H17NO5S2/c1-9-3-4-10(7-11(9)21(2,18)19)13(17)14-5-6-20-8-12(15)16/h3-4,7H,5-6,8H2,1-2H3,(H,14,17)(H,15,16). The highest BCUT2D eigenvalue weighted by Crippen LogP contribution is 2.16. The molecular weight excluding hydrogens is 314 g/mol. The molecule has 8 heteroatoms. The van der Waals surface area contributed by atoms with Crippen molar-refractivity contribution in [2.45, 2.75) is 11.8 Å². The van der Waals surface area contributed by atoms with Crippen molar-refractivity contribution in [2.75, 3.05) is 24.3 Å². The summed E-state index contributed by atoms with van der Waals surface area (Å²) in [5.74, 6) is -0.819. The Morgan fingerprint density at radius 2 is 2.00 bits per heavy atom. The second-order valence-electron chi connectivity index (χ2n) is 4.45. The largest absolute Gasteiger partial charge is 0.481 e. The number of carboxylic acid groups (broad SMARTS) is 1. The van der Waals surface area contributed by atoms with Crippen LogP contribution in [0.25, 0.3) is 0 Å². The SMILES string of the molecule is Cc1ccc(C(=O)NCCSCC(=O)O)cc1S(C)(=O)=O. The normalized spacial score (nSPS) is 11.1. The smallest absolute Gasteiger partial charge is 0.313 e. The van der Waals surface area contributed by atoms with Crippen LogP contribution in [-0.2, 0) is 14.6 Å². The van der Waals surface area contributed by atoms with Crippen LogP contribution in [0.1, 0.15) is 15.9 Å². The molecule has 116 valence electrons. The first-order valence-electron chi connectivity index (χ1n) is 6.10. The number of thioether (sulfide) groups is 1. The number of aliphatic carboxylic acids is 1. The second kappa shape index (κ2) is 7.46. The van der Waals surface area contributed by atoms with Crippen molar-refractivity contribution in [1.29, 1.82) is 0 Å². The Morgan fingerprint density at radius 3 is 2.57 bits per heavy atom. The van der Waals surface area contributed by atoms with Crippen LogP contribution in [0.3, 0.4) is 0 Å². The first-order valence-corrected chi connectivity index (χ1v) is 9.15. The minimum absolute atomic E-state index is 0.0152. The van der Waals surface area contributed by atoms with Crippen molar-refractivity contribution in [1.82, 2.24) is 5.32 Å². The van der Waals surface area contributed by atoms with Gasteiger partial charge in [0, 0.05) is 24.1 Å². The van der Waals surface area contributed by atoms with Gasteiger partial charge in [0.15, 0.2) is 9.84 Å². The zero-order valence-electron chi connectivity index (χ0n) is 11.8. The van der Waals surface area contributed by atoms with Gasteiger partial charge in [-0.1, -0.05) is 6.07 Å². The Kier molecular flexibility index (Phi) is 6.22. The van der Waals surface area contributed by atoms with E-state index >= 15 is 0 Å². The molecule has 6 nitrogen and oxygen atoms in total. The van der Waals surface area contributed by atoms with Crippen LogP contribution in [0.5, 0.6) is 0 Å². The van der Waals surface area contributed by atoms with Crippen LogP contribution in [-0.4, -0.2) is 49.7 Å². The Bertz CT molecular complexity index is 640. The molecule has 0 saturated heterocycles. The Labute approximate surface area is 127 Å². The molecule has 0 atom stereocenters. The Morgan fingerprint density at radius 1 is 1.33 bits per heavy atom. The highest BCUT2D eigenvalue weighted by molar-refractivity contribution is 7.99. The van der Waals surface area contributed by atoms with Gasteiger partial charge in [-0.3, -0.25) is 9.59 Å². The number of carbonyl (C=O) groups excluding carboxylic acids is 1. The Hall–Kier alpha value is -1.54. The molecule has 0 spiro atoms. The summed E-state index contributed by atoms with van der Waals surface area (Å²) >= 11 is 1.20. The van der Waals surface area contributed by atoms with E-state index in [0.717, 1.165) is 6.26 Å². The molecule has 1 aromatic rings. The number of aryl methyl sites for hydroxylation is 1. The molecule has 0 unspecified atom stereocenters. The van der Waals surface area contributed by atoms with Crippen molar-refractivity contribution >= 4 is 33.5 Å². The van der Waals surface area contributed by atoms with Gasteiger partial charge in [0.25, 0.3) is 5.91 Å². The summed E-state index contributed by atoms with van der Waals surface area (Å²) in [4.78, 5) is 22.4. The van der Waals surface area contributed by atoms with Crippen molar-refractivity contribution in [3.05, 3.63) is 29.3 Å². The Balaban J connectivity index is 2.65. The van der Waals surface area contributed by atoms with E-state index in [0.29, 0.717) is 17.9 Å². The topological polar surface area (TPSA) is 101 Å². The third-order valence-electron chi connectivity index (χ3n) is 2.61. The molecule has 0 saturated carbocycles. The van der Waals surface area contributed by atoms with Crippen LogP contribution in [0, 0.1) is 6.92 Å². The molecule has 21 heavy (non-hydrogen) atoms. The molecular formula is C13H17NO5S2. The third-order valence-corrected chi connectivity index (χ3v) is 4.79. The highest BCUT2D eigenvalue weighted by atomic mass is 32.2. The lowest BCUT2D eigenvalue weighted by atomic mass is 10.1. The zero-order chi connectivity index (χ0) is 16.0. The number of carbonyl (C=O) groups is 2. The molecule has 0 aliphatic rings. The fraction of sp³-hybridized carbons (Fsp3) is 0.385. The van der Waals surface area contributed by atoms with Crippen LogP contribution >= 0.6 is 11.8 Å². The van der Waals surface area contributed by atoms with Gasteiger partial charge in [-0.2, -0.15) is 0 Å². The van der Waals surface area contributed by atoms with Gasteiger partial charge in [-0.15, -0.1) is 11.8 Å². The summed E-state index contributed by atoms with van der Waals surface area (Å²) < 4.78 is 23.2. The summed E-state index contributed by atoms with van der Waals surface area (Å²) in [6.07, 6.45) is 1.10. The quantitative estimate of drug-likeness (QED) is 0.721. The van der Waals surface area contributed by atoms with E-state index in [4.69, 9.17) is 5.11 Å². The van der Waals surface area contributed by atoms with Gasteiger partial charge in [0.1, 0.15) is 0 Å². The molecule has 2 N–H and O–H groups in total. The maximum absolute atomic E-state index is 11.9. The third kappa shape index (κ3) is 5.76. The van der Waals surface area contributed by atoms with E-state index < -0.39 is 15.8 Å². The first kappa shape index (κ1) is 17.5. The fourth-order valence-corrected chi connectivity index (χ4v) is 3.20. The van der Waals surface area contributed by atoms with Crippen LogP contribution in [0.2, 0.25) is 0 Å². The lowest BCUT2D eigenvalue weighted by Gasteiger charge is -2.08. The molecule has 0 fully saturated rings. The number of sulfone groups is 1. The maximum atomic E-state index is 11.9. The van der Waals surface area contributed by atoms with Gasteiger partial charge < -0.3 is 10.4 Å². The lowest BCUT2D eigenvalue weighted by Crippen LogP contribution is -2.26. The molecule has 0 aliphatic carbocycles.